The van der Waals surface area contributed by atoms with Crippen LogP contribution in [0.15, 0.2) is 11.1 Å². The number of imidazole rings is 1. The van der Waals surface area contributed by atoms with E-state index in [0.29, 0.717) is 11.8 Å². The van der Waals surface area contributed by atoms with E-state index < -0.39 is 0 Å². The van der Waals surface area contributed by atoms with Crippen LogP contribution >= 0.6 is 0 Å². The average Bonchev–Trinajstić information content (AvgIpc) is 2.99. The molecule has 3 unspecified atom stereocenters. The lowest BCUT2D eigenvalue weighted by Crippen LogP contribution is -2.56. The fourth-order valence-corrected chi connectivity index (χ4v) is 5.80. The Morgan fingerprint density at radius 2 is 2.00 bits per heavy atom. The normalized spacial score (nSPS) is 36.0. The van der Waals surface area contributed by atoms with E-state index in [2.05, 4.69) is 48.3 Å². The lowest BCUT2D eigenvalue weighted by atomic mass is 9.52. The molecule has 146 valence electrons. The summed E-state index contributed by atoms with van der Waals surface area (Å²) in [7, 11) is 1.51. The van der Waals surface area contributed by atoms with E-state index in [1.807, 2.05) is 0 Å². The van der Waals surface area contributed by atoms with Crippen LogP contribution in [0.25, 0.3) is 5.65 Å². The maximum atomic E-state index is 13.0. The van der Waals surface area contributed by atoms with Gasteiger partial charge in [-0.3, -0.25) is 4.79 Å². The van der Waals surface area contributed by atoms with Crippen LogP contribution < -0.4 is 11.0 Å². The van der Waals surface area contributed by atoms with Crippen LogP contribution in [0.3, 0.4) is 0 Å². The molecule has 2 aliphatic rings. The molecule has 2 heterocycles. The summed E-state index contributed by atoms with van der Waals surface area (Å²) in [5, 5.41) is 11.0. The third kappa shape index (κ3) is 2.95. The Morgan fingerprint density at radius 3 is 2.74 bits per heavy atom. The topological polar surface area (TPSA) is 94.2 Å². The molecule has 2 fully saturated rings. The van der Waals surface area contributed by atoms with E-state index in [1.165, 1.54) is 30.6 Å². The van der Waals surface area contributed by atoms with Gasteiger partial charge < -0.3 is 5.32 Å². The summed E-state index contributed by atoms with van der Waals surface area (Å²) in [5.41, 5.74) is -0.0535. The van der Waals surface area contributed by atoms with E-state index in [1.54, 1.807) is 0 Å². The molecule has 5 atom stereocenters. The molecule has 8 heteroatoms. The van der Waals surface area contributed by atoms with Crippen LogP contribution in [0, 0.1) is 23.2 Å². The monoisotopic (exact) mass is 372 g/mol. The molecule has 0 saturated heterocycles. The minimum atomic E-state index is -0.375. The number of carbonyl (C=O) groups excluding carboxylic acids is 1. The molecule has 2 saturated carbocycles. The lowest BCUT2D eigenvalue weighted by Gasteiger charge is -2.55. The number of hydrogen-bond donors (Lipinski definition) is 1. The molecule has 1 amide bonds. The number of carbonyl (C=O) groups is 1. The molecule has 2 aliphatic carbocycles. The molecule has 2 bridgehead atoms. The summed E-state index contributed by atoms with van der Waals surface area (Å²) in [5.74, 6) is 1.71. The first-order valence-electron chi connectivity index (χ1n) is 9.70. The van der Waals surface area contributed by atoms with Gasteiger partial charge in [-0.05, 0) is 55.8 Å². The van der Waals surface area contributed by atoms with Gasteiger partial charge in [-0.1, -0.05) is 26.0 Å². The highest BCUT2D eigenvalue weighted by Gasteiger charge is 2.50. The van der Waals surface area contributed by atoms with Gasteiger partial charge in [0.15, 0.2) is 11.3 Å². The lowest BCUT2D eigenvalue weighted by molar-refractivity contribution is -0.0265. The molecule has 0 aliphatic heterocycles. The summed E-state index contributed by atoms with van der Waals surface area (Å²) in [4.78, 5) is 29.3. The van der Waals surface area contributed by atoms with Gasteiger partial charge in [0.2, 0.25) is 0 Å². The molecule has 8 nitrogen and oxygen atoms in total. The number of aromatic nitrogens is 5. The van der Waals surface area contributed by atoms with Crippen molar-refractivity contribution < 1.29 is 4.79 Å². The first-order chi connectivity index (χ1) is 12.6. The van der Waals surface area contributed by atoms with Crippen molar-refractivity contribution in [1.82, 2.24) is 29.7 Å². The molecular formula is C19H28N6O2. The second-order valence-electron chi connectivity index (χ2n) is 9.49. The molecule has 0 radical (unpaired) electrons. The van der Waals surface area contributed by atoms with Crippen molar-refractivity contribution in [2.24, 2.45) is 30.2 Å². The Bertz CT molecular complexity index is 961. The van der Waals surface area contributed by atoms with Crippen molar-refractivity contribution in [3.63, 3.8) is 0 Å². The SMILES string of the molecule is C[C@H]1CC2(C)CC(CC(C)(NC(=O)c3ncn4c(=O)n(C)nnc34)C2)[C@@H]1C. The zero-order chi connectivity index (χ0) is 19.6. The first-order valence-corrected chi connectivity index (χ1v) is 9.70. The van der Waals surface area contributed by atoms with Crippen molar-refractivity contribution in [3.05, 3.63) is 22.5 Å². The van der Waals surface area contributed by atoms with E-state index in [0.717, 1.165) is 23.4 Å². The van der Waals surface area contributed by atoms with E-state index >= 15 is 0 Å². The standard InChI is InChI=1S/C19H28N6O2/c1-11-6-18(3)7-13(12(11)2)8-19(4,9-18)21-16(26)14-15-22-23-24(5)17(27)25(15)10-20-14/h10-13H,6-9H2,1-5H3,(H,21,26)/t11-,12+,13?,18?,19?/m0/s1. The van der Waals surface area contributed by atoms with Gasteiger partial charge in [-0.25, -0.2) is 14.2 Å². The summed E-state index contributed by atoms with van der Waals surface area (Å²) in [6.07, 6.45) is 5.70. The van der Waals surface area contributed by atoms with E-state index in [-0.39, 0.29) is 33.9 Å². The van der Waals surface area contributed by atoms with Crippen molar-refractivity contribution in [1.29, 1.82) is 0 Å². The fourth-order valence-electron chi connectivity index (χ4n) is 5.80. The third-order valence-electron chi connectivity index (χ3n) is 6.87. The molecule has 2 aromatic rings. The molecule has 2 aromatic heterocycles. The average molecular weight is 372 g/mol. The van der Waals surface area contributed by atoms with Gasteiger partial charge in [-0.15, -0.1) is 5.10 Å². The van der Waals surface area contributed by atoms with Crippen molar-refractivity contribution in [2.75, 3.05) is 0 Å². The minimum absolute atomic E-state index is 0.156. The number of rotatable bonds is 2. The Hall–Kier alpha value is -2.25. The van der Waals surface area contributed by atoms with Gasteiger partial charge in [0.25, 0.3) is 5.91 Å². The molecule has 0 spiro atoms. The zero-order valence-corrected chi connectivity index (χ0v) is 16.7. The van der Waals surface area contributed by atoms with Crippen LogP contribution in [-0.4, -0.2) is 35.8 Å². The van der Waals surface area contributed by atoms with Crippen LogP contribution in [0.5, 0.6) is 0 Å². The summed E-state index contributed by atoms with van der Waals surface area (Å²) >= 11 is 0. The molecular weight excluding hydrogens is 344 g/mol. The van der Waals surface area contributed by atoms with Gasteiger partial charge >= 0.3 is 5.69 Å². The Balaban J connectivity index is 1.62. The molecule has 0 aromatic carbocycles. The van der Waals surface area contributed by atoms with Crippen LogP contribution in [0.4, 0.5) is 0 Å². The van der Waals surface area contributed by atoms with Crippen molar-refractivity contribution in [2.45, 2.75) is 58.9 Å². The highest BCUT2D eigenvalue weighted by atomic mass is 16.2. The smallest absolute Gasteiger partial charge is 0.345 e. The molecule has 27 heavy (non-hydrogen) atoms. The number of aryl methyl sites for hydroxylation is 1. The number of hydrogen-bond acceptors (Lipinski definition) is 5. The molecule has 4 rings (SSSR count). The van der Waals surface area contributed by atoms with E-state index in [4.69, 9.17) is 0 Å². The van der Waals surface area contributed by atoms with Crippen LogP contribution in [0.1, 0.15) is 63.9 Å². The number of fused-ring (bicyclic) bond motifs is 3. The van der Waals surface area contributed by atoms with Gasteiger partial charge in [0, 0.05) is 12.6 Å². The highest BCUT2D eigenvalue weighted by molar-refractivity contribution is 5.98. The molecule has 1 N–H and O–H groups in total. The maximum Gasteiger partial charge on any atom is 0.352 e. The zero-order valence-electron chi connectivity index (χ0n) is 16.7. The van der Waals surface area contributed by atoms with Gasteiger partial charge in [-0.2, -0.15) is 4.68 Å². The first kappa shape index (κ1) is 18.1. The van der Waals surface area contributed by atoms with Crippen molar-refractivity contribution in [3.8, 4) is 0 Å². The fraction of sp³-hybridized carbons (Fsp3) is 0.737. The maximum absolute atomic E-state index is 13.0. The number of nitrogens with zero attached hydrogens (tertiary/aromatic N) is 5. The summed E-state index contributed by atoms with van der Waals surface area (Å²) < 4.78 is 2.37. The van der Waals surface area contributed by atoms with Gasteiger partial charge in [0.1, 0.15) is 6.33 Å². The van der Waals surface area contributed by atoms with Gasteiger partial charge in [0.05, 0.1) is 0 Å². The van der Waals surface area contributed by atoms with Crippen LogP contribution in [-0.2, 0) is 7.05 Å². The minimum Gasteiger partial charge on any atom is -0.345 e. The largest absolute Gasteiger partial charge is 0.352 e. The van der Waals surface area contributed by atoms with Crippen LogP contribution in [0.2, 0.25) is 0 Å². The Kier molecular flexibility index (Phi) is 3.94. The van der Waals surface area contributed by atoms with E-state index in [9.17, 15) is 9.59 Å². The predicted molar refractivity (Wildman–Crippen MR) is 100 cm³/mol. The highest BCUT2D eigenvalue weighted by Crippen LogP contribution is 2.55. The van der Waals surface area contributed by atoms with Crippen molar-refractivity contribution >= 4 is 11.6 Å². The summed E-state index contributed by atoms with van der Waals surface area (Å²) in [6, 6.07) is 0. The second-order valence-corrected chi connectivity index (χ2v) is 9.49. The predicted octanol–water partition coefficient (Wildman–Crippen LogP) is 1.79. The Morgan fingerprint density at radius 1 is 1.26 bits per heavy atom. The Labute approximate surface area is 158 Å². The summed E-state index contributed by atoms with van der Waals surface area (Å²) in [6.45, 7) is 9.19. The number of nitrogens with one attached hydrogen (secondary N) is 1. The number of amides is 1. The quantitative estimate of drug-likeness (QED) is 0.867. The second kappa shape index (κ2) is 5.87. The third-order valence-corrected chi connectivity index (χ3v) is 6.87.